The van der Waals surface area contributed by atoms with E-state index in [-0.39, 0.29) is 12.0 Å². The molecule has 1 aromatic carbocycles. The maximum absolute atomic E-state index is 12.5. The van der Waals surface area contributed by atoms with Gasteiger partial charge in [0.1, 0.15) is 15.6 Å². The Morgan fingerprint density at radius 1 is 1.24 bits per heavy atom. The Kier molecular flexibility index (Phi) is 5.50. The van der Waals surface area contributed by atoms with Crippen molar-refractivity contribution in [1.29, 1.82) is 0 Å². The summed E-state index contributed by atoms with van der Waals surface area (Å²) in [6.07, 6.45) is 0.150. The first-order valence-electron chi connectivity index (χ1n) is 8.08. The van der Waals surface area contributed by atoms with Gasteiger partial charge in [0.2, 0.25) is 0 Å². The zero-order valence-electron chi connectivity index (χ0n) is 14.4. The highest BCUT2D eigenvalue weighted by Gasteiger charge is 2.16. The molecule has 0 aliphatic rings. The number of aromatic nitrogens is 1. The van der Waals surface area contributed by atoms with Crippen molar-refractivity contribution in [2.75, 3.05) is 0 Å². The summed E-state index contributed by atoms with van der Waals surface area (Å²) in [6.45, 7) is 6.35. The van der Waals surface area contributed by atoms with Crippen LogP contribution in [0.25, 0.3) is 9.88 Å². The normalized spacial score (nSPS) is 10.9. The Morgan fingerprint density at radius 3 is 2.64 bits per heavy atom. The highest BCUT2D eigenvalue weighted by atomic mass is 32.1. The molecule has 0 saturated heterocycles. The van der Waals surface area contributed by atoms with E-state index in [2.05, 4.69) is 10.3 Å². The monoisotopic (exact) mass is 372 g/mol. The summed E-state index contributed by atoms with van der Waals surface area (Å²) in [7, 11) is 0. The van der Waals surface area contributed by atoms with Gasteiger partial charge in [0.15, 0.2) is 0 Å². The molecule has 2 aromatic heterocycles. The number of nitrogens with zero attached hydrogens (tertiary/aromatic N) is 1. The van der Waals surface area contributed by atoms with Gasteiger partial charge in [-0.3, -0.25) is 4.79 Å². The van der Waals surface area contributed by atoms with E-state index in [0.29, 0.717) is 11.4 Å². The first-order chi connectivity index (χ1) is 12.0. The summed E-state index contributed by atoms with van der Waals surface area (Å²) in [6, 6.07) is 11.8. The molecule has 0 fully saturated rings. The summed E-state index contributed by atoms with van der Waals surface area (Å²) >= 11 is 3.07. The lowest BCUT2D eigenvalue weighted by Crippen LogP contribution is -2.22. The molecular formula is C19H20N2O2S2. The van der Waals surface area contributed by atoms with Crippen LogP contribution in [0.2, 0.25) is 0 Å². The Bertz CT molecular complexity index is 837. The lowest BCUT2D eigenvalue weighted by molar-refractivity contribution is 0.0954. The van der Waals surface area contributed by atoms with Crippen LogP contribution in [0, 0.1) is 6.92 Å². The summed E-state index contributed by atoms with van der Waals surface area (Å²) in [4.78, 5) is 18.8. The molecule has 3 aromatic rings. The smallest absolute Gasteiger partial charge is 0.263 e. The van der Waals surface area contributed by atoms with E-state index in [0.717, 1.165) is 26.9 Å². The zero-order chi connectivity index (χ0) is 17.8. The summed E-state index contributed by atoms with van der Waals surface area (Å²) in [5.41, 5.74) is 1.80. The van der Waals surface area contributed by atoms with Crippen LogP contribution in [0.3, 0.4) is 0 Å². The molecule has 0 saturated carbocycles. The fraction of sp³-hybridized carbons (Fsp3) is 0.263. The Balaban J connectivity index is 1.63. The highest BCUT2D eigenvalue weighted by Crippen LogP contribution is 2.31. The van der Waals surface area contributed by atoms with Gasteiger partial charge in [0.05, 0.1) is 16.7 Å². The Hall–Kier alpha value is -2.18. The topological polar surface area (TPSA) is 51.2 Å². The van der Waals surface area contributed by atoms with E-state index < -0.39 is 0 Å². The van der Waals surface area contributed by atoms with Crippen molar-refractivity contribution in [3.8, 4) is 15.6 Å². The molecule has 0 bridgehead atoms. The van der Waals surface area contributed by atoms with Crippen molar-refractivity contribution in [1.82, 2.24) is 10.3 Å². The number of carbonyl (C=O) groups excluding carboxylic acids is 1. The van der Waals surface area contributed by atoms with Gasteiger partial charge in [0.25, 0.3) is 5.91 Å². The minimum Gasteiger partial charge on any atom is -0.491 e. The maximum Gasteiger partial charge on any atom is 0.263 e. The second kappa shape index (κ2) is 7.80. The highest BCUT2D eigenvalue weighted by molar-refractivity contribution is 7.22. The van der Waals surface area contributed by atoms with Crippen molar-refractivity contribution in [3.63, 3.8) is 0 Å². The summed E-state index contributed by atoms with van der Waals surface area (Å²) < 4.78 is 5.62. The molecule has 6 heteroatoms. The third-order valence-corrected chi connectivity index (χ3v) is 5.68. The van der Waals surface area contributed by atoms with Gasteiger partial charge in [0, 0.05) is 6.54 Å². The van der Waals surface area contributed by atoms with E-state index in [4.69, 9.17) is 4.74 Å². The number of ether oxygens (including phenoxy) is 1. The lowest BCUT2D eigenvalue weighted by Gasteiger charge is -2.10. The third-order valence-electron chi connectivity index (χ3n) is 3.48. The molecule has 0 unspecified atom stereocenters. The van der Waals surface area contributed by atoms with Gasteiger partial charge in [-0.1, -0.05) is 18.2 Å². The third kappa shape index (κ3) is 4.46. The minimum atomic E-state index is -0.0830. The maximum atomic E-state index is 12.5. The van der Waals surface area contributed by atoms with Crippen LogP contribution in [0.15, 0.2) is 41.8 Å². The molecule has 25 heavy (non-hydrogen) atoms. The van der Waals surface area contributed by atoms with Gasteiger partial charge in [-0.25, -0.2) is 4.98 Å². The summed E-state index contributed by atoms with van der Waals surface area (Å²) in [5.74, 6) is 0.754. The number of amides is 1. The van der Waals surface area contributed by atoms with Gasteiger partial charge >= 0.3 is 0 Å². The molecular weight excluding hydrogens is 352 g/mol. The first-order valence-corrected chi connectivity index (χ1v) is 9.77. The van der Waals surface area contributed by atoms with Crippen molar-refractivity contribution in [2.24, 2.45) is 0 Å². The molecule has 0 aliphatic carbocycles. The lowest BCUT2D eigenvalue weighted by atomic mass is 10.2. The van der Waals surface area contributed by atoms with Gasteiger partial charge in [-0.2, -0.15) is 0 Å². The number of nitrogens with one attached hydrogen (secondary N) is 1. The number of aryl methyl sites for hydroxylation is 1. The molecule has 1 amide bonds. The largest absolute Gasteiger partial charge is 0.491 e. The van der Waals surface area contributed by atoms with Gasteiger partial charge < -0.3 is 10.1 Å². The van der Waals surface area contributed by atoms with Crippen LogP contribution in [0.5, 0.6) is 5.75 Å². The SMILES string of the molecule is Cc1nc(-c2cccs2)sc1C(=O)NCc1ccc(OC(C)C)cc1. The van der Waals surface area contributed by atoms with E-state index in [1.807, 2.05) is 62.5 Å². The number of hydrogen-bond donors (Lipinski definition) is 1. The second-order valence-electron chi connectivity index (χ2n) is 5.90. The van der Waals surface area contributed by atoms with Crippen LogP contribution in [0.4, 0.5) is 0 Å². The Morgan fingerprint density at radius 2 is 2.00 bits per heavy atom. The van der Waals surface area contributed by atoms with Crippen LogP contribution < -0.4 is 10.1 Å². The van der Waals surface area contributed by atoms with Gasteiger partial charge in [-0.15, -0.1) is 22.7 Å². The van der Waals surface area contributed by atoms with Crippen LogP contribution in [0.1, 0.15) is 34.8 Å². The van der Waals surface area contributed by atoms with Crippen molar-refractivity contribution in [3.05, 3.63) is 57.9 Å². The summed E-state index contributed by atoms with van der Waals surface area (Å²) in [5, 5.41) is 5.88. The molecule has 0 atom stereocenters. The Labute approximate surface area is 155 Å². The first kappa shape index (κ1) is 17.6. The molecule has 3 rings (SSSR count). The average molecular weight is 373 g/mol. The second-order valence-corrected chi connectivity index (χ2v) is 7.85. The number of benzene rings is 1. The number of carbonyl (C=O) groups is 1. The number of hydrogen-bond acceptors (Lipinski definition) is 5. The van der Waals surface area contributed by atoms with E-state index in [1.54, 1.807) is 11.3 Å². The molecule has 1 N–H and O–H groups in total. The zero-order valence-corrected chi connectivity index (χ0v) is 16.0. The van der Waals surface area contributed by atoms with Crippen molar-refractivity contribution < 1.29 is 9.53 Å². The molecule has 0 radical (unpaired) electrons. The number of rotatable bonds is 6. The number of thiazole rings is 1. The van der Waals surface area contributed by atoms with E-state index in [9.17, 15) is 4.79 Å². The average Bonchev–Trinajstić information content (AvgIpc) is 3.23. The predicted octanol–water partition coefficient (Wildman–Crippen LogP) is 4.90. The van der Waals surface area contributed by atoms with E-state index in [1.165, 1.54) is 11.3 Å². The molecule has 2 heterocycles. The van der Waals surface area contributed by atoms with Crippen LogP contribution in [-0.4, -0.2) is 17.0 Å². The van der Waals surface area contributed by atoms with Crippen LogP contribution in [-0.2, 0) is 6.54 Å². The standard InChI is InChI=1S/C19H20N2O2S2/c1-12(2)23-15-8-6-14(7-9-15)11-20-18(22)17-13(3)21-19(25-17)16-5-4-10-24-16/h4-10,12H,11H2,1-3H3,(H,20,22). The molecule has 4 nitrogen and oxygen atoms in total. The fourth-order valence-electron chi connectivity index (χ4n) is 2.33. The fourth-order valence-corrected chi connectivity index (χ4v) is 4.11. The molecule has 130 valence electrons. The minimum absolute atomic E-state index is 0.0830. The number of thiophene rings is 1. The van der Waals surface area contributed by atoms with E-state index >= 15 is 0 Å². The molecule has 0 aliphatic heterocycles. The van der Waals surface area contributed by atoms with Crippen LogP contribution >= 0.6 is 22.7 Å². The predicted molar refractivity (Wildman–Crippen MR) is 104 cm³/mol. The van der Waals surface area contributed by atoms with Gasteiger partial charge in [-0.05, 0) is 49.9 Å². The molecule has 0 spiro atoms. The quantitative estimate of drug-likeness (QED) is 0.670. The van der Waals surface area contributed by atoms with Crippen molar-refractivity contribution >= 4 is 28.6 Å². The van der Waals surface area contributed by atoms with Crippen molar-refractivity contribution in [2.45, 2.75) is 33.4 Å².